The van der Waals surface area contributed by atoms with Crippen LogP contribution >= 0.6 is 0 Å². The summed E-state index contributed by atoms with van der Waals surface area (Å²) in [4.78, 5) is 4.43. The van der Waals surface area contributed by atoms with Gasteiger partial charge in [0.05, 0.1) is 12.1 Å². The van der Waals surface area contributed by atoms with Gasteiger partial charge in [0.1, 0.15) is 5.82 Å². The average molecular weight is 223 g/mol. The predicted octanol–water partition coefficient (Wildman–Crippen LogP) is 1.50. The largest absolute Gasteiger partial charge is 0.379 e. The molecular formula is C12H21N3O. The SMILES string of the molecule is CCNC(c1nccn1C)C(OC)C1CC1. The molecule has 1 aliphatic carbocycles. The van der Waals surface area contributed by atoms with Gasteiger partial charge in [0.2, 0.25) is 0 Å². The molecule has 1 N–H and O–H groups in total. The van der Waals surface area contributed by atoms with E-state index in [1.54, 1.807) is 7.11 Å². The maximum absolute atomic E-state index is 5.65. The van der Waals surface area contributed by atoms with Gasteiger partial charge in [-0.05, 0) is 25.3 Å². The van der Waals surface area contributed by atoms with Crippen LogP contribution in [-0.2, 0) is 11.8 Å². The summed E-state index contributed by atoms with van der Waals surface area (Å²) in [6, 6.07) is 0.211. The van der Waals surface area contributed by atoms with Crippen LogP contribution in [0.15, 0.2) is 12.4 Å². The molecule has 1 saturated carbocycles. The number of ether oxygens (including phenoxy) is 1. The van der Waals surface area contributed by atoms with Crippen LogP contribution in [0.2, 0.25) is 0 Å². The number of methoxy groups -OCH3 is 1. The van der Waals surface area contributed by atoms with Gasteiger partial charge in [0.15, 0.2) is 0 Å². The molecule has 0 bridgehead atoms. The van der Waals surface area contributed by atoms with E-state index in [2.05, 4.69) is 21.8 Å². The number of likely N-dealkylation sites (N-methyl/N-ethyl adjacent to an activating group) is 1. The summed E-state index contributed by atoms with van der Waals surface area (Å²) >= 11 is 0. The standard InChI is InChI=1S/C12H21N3O/c1-4-13-10(11(16-3)9-5-6-9)12-14-7-8-15(12)2/h7-11,13H,4-6H2,1-3H3. The normalized spacial score (nSPS) is 19.7. The van der Waals surface area contributed by atoms with Crippen LogP contribution in [0.3, 0.4) is 0 Å². The number of aryl methyl sites for hydroxylation is 1. The minimum Gasteiger partial charge on any atom is -0.379 e. The lowest BCUT2D eigenvalue weighted by Crippen LogP contribution is -2.36. The molecule has 2 unspecified atom stereocenters. The zero-order chi connectivity index (χ0) is 11.5. The Morgan fingerprint density at radius 2 is 2.38 bits per heavy atom. The maximum atomic E-state index is 5.65. The number of aromatic nitrogens is 2. The second kappa shape index (κ2) is 4.97. The van der Waals surface area contributed by atoms with Gasteiger partial charge in [0, 0.05) is 26.6 Å². The molecule has 1 aromatic heterocycles. The smallest absolute Gasteiger partial charge is 0.128 e. The van der Waals surface area contributed by atoms with Crippen molar-refractivity contribution in [1.29, 1.82) is 0 Å². The lowest BCUT2D eigenvalue weighted by molar-refractivity contribution is 0.0477. The number of nitrogens with one attached hydrogen (secondary N) is 1. The molecule has 4 nitrogen and oxygen atoms in total. The molecule has 90 valence electrons. The van der Waals surface area contributed by atoms with Crippen molar-refractivity contribution in [3.05, 3.63) is 18.2 Å². The van der Waals surface area contributed by atoms with Crippen LogP contribution < -0.4 is 5.32 Å². The number of imidazole rings is 1. The zero-order valence-electron chi connectivity index (χ0n) is 10.3. The van der Waals surface area contributed by atoms with Crippen molar-refractivity contribution in [3.8, 4) is 0 Å². The summed E-state index contributed by atoms with van der Waals surface area (Å²) in [5.74, 6) is 1.77. The molecule has 16 heavy (non-hydrogen) atoms. The Kier molecular flexibility index (Phi) is 3.61. The first-order valence-electron chi connectivity index (χ1n) is 6.01. The summed E-state index contributed by atoms with van der Waals surface area (Å²) in [7, 11) is 3.84. The Morgan fingerprint density at radius 3 is 2.81 bits per heavy atom. The van der Waals surface area contributed by atoms with E-state index in [1.165, 1.54) is 12.8 Å². The van der Waals surface area contributed by atoms with E-state index < -0.39 is 0 Å². The van der Waals surface area contributed by atoms with Crippen LogP contribution in [0.1, 0.15) is 31.6 Å². The van der Waals surface area contributed by atoms with Crippen LogP contribution in [-0.4, -0.2) is 29.3 Å². The van der Waals surface area contributed by atoms with E-state index in [9.17, 15) is 0 Å². The van der Waals surface area contributed by atoms with Crippen LogP contribution in [0.5, 0.6) is 0 Å². The van der Waals surface area contributed by atoms with Gasteiger partial charge in [0.25, 0.3) is 0 Å². The van der Waals surface area contributed by atoms with Gasteiger partial charge in [-0.3, -0.25) is 0 Å². The Hall–Kier alpha value is -0.870. The monoisotopic (exact) mass is 223 g/mol. The van der Waals surface area contributed by atoms with Crippen LogP contribution in [0.4, 0.5) is 0 Å². The minimum absolute atomic E-state index is 0.211. The molecule has 4 heteroatoms. The first-order valence-corrected chi connectivity index (χ1v) is 6.01. The number of rotatable bonds is 6. The zero-order valence-corrected chi connectivity index (χ0v) is 10.3. The fourth-order valence-corrected chi connectivity index (χ4v) is 2.28. The molecule has 1 aromatic rings. The second-order valence-electron chi connectivity index (χ2n) is 4.47. The van der Waals surface area contributed by atoms with Crippen molar-refractivity contribution in [2.75, 3.05) is 13.7 Å². The van der Waals surface area contributed by atoms with Gasteiger partial charge >= 0.3 is 0 Å². The highest BCUT2D eigenvalue weighted by Crippen LogP contribution is 2.39. The highest BCUT2D eigenvalue weighted by Gasteiger charge is 2.38. The Bertz CT molecular complexity index is 333. The van der Waals surface area contributed by atoms with Crippen molar-refractivity contribution in [1.82, 2.24) is 14.9 Å². The van der Waals surface area contributed by atoms with Crippen molar-refractivity contribution in [3.63, 3.8) is 0 Å². The Balaban J connectivity index is 2.18. The third-order valence-electron chi connectivity index (χ3n) is 3.25. The fourth-order valence-electron chi connectivity index (χ4n) is 2.28. The lowest BCUT2D eigenvalue weighted by atomic mass is 10.1. The van der Waals surface area contributed by atoms with Gasteiger partial charge in [-0.15, -0.1) is 0 Å². The highest BCUT2D eigenvalue weighted by molar-refractivity contribution is 5.05. The molecule has 2 atom stereocenters. The summed E-state index contributed by atoms with van der Waals surface area (Å²) in [5.41, 5.74) is 0. The Labute approximate surface area is 97.0 Å². The molecule has 0 saturated heterocycles. The van der Waals surface area contributed by atoms with E-state index in [4.69, 9.17) is 4.74 Å². The third kappa shape index (κ3) is 2.28. The van der Waals surface area contributed by atoms with Gasteiger partial charge in [-0.25, -0.2) is 4.98 Å². The maximum Gasteiger partial charge on any atom is 0.128 e. The molecule has 1 heterocycles. The number of hydrogen-bond donors (Lipinski definition) is 1. The number of nitrogens with zero attached hydrogens (tertiary/aromatic N) is 2. The molecular weight excluding hydrogens is 202 g/mol. The summed E-state index contributed by atoms with van der Waals surface area (Å²) in [6.45, 7) is 3.06. The molecule has 2 rings (SSSR count). The molecule has 0 spiro atoms. The molecule has 0 amide bonds. The molecule has 1 aliphatic rings. The van der Waals surface area contributed by atoms with E-state index in [1.807, 2.05) is 19.4 Å². The van der Waals surface area contributed by atoms with Crippen LogP contribution in [0.25, 0.3) is 0 Å². The summed E-state index contributed by atoms with van der Waals surface area (Å²) in [6.07, 6.45) is 6.65. The van der Waals surface area contributed by atoms with Crippen molar-refractivity contribution >= 4 is 0 Å². The molecule has 0 aliphatic heterocycles. The summed E-state index contributed by atoms with van der Waals surface area (Å²) in [5, 5.41) is 3.49. The topological polar surface area (TPSA) is 39.1 Å². The first-order chi connectivity index (χ1) is 7.77. The minimum atomic E-state index is 0.211. The fraction of sp³-hybridized carbons (Fsp3) is 0.750. The number of hydrogen-bond acceptors (Lipinski definition) is 3. The Morgan fingerprint density at radius 1 is 1.62 bits per heavy atom. The predicted molar refractivity (Wildman–Crippen MR) is 63.1 cm³/mol. The average Bonchev–Trinajstić information content (AvgIpc) is 3.01. The second-order valence-corrected chi connectivity index (χ2v) is 4.47. The van der Waals surface area contributed by atoms with E-state index in [-0.39, 0.29) is 12.1 Å². The summed E-state index contributed by atoms with van der Waals surface area (Å²) < 4.78 is 7.72. The van der Waals surface area contributed by atoms with Gasteiger partial charge in [-0.1, -0.05) is 6.92 Å². The lowest BCUT2D eigenvalue weighted by Gasteiger charge is -2.26. The van der Waals surface area contributed by atoms with Gasteiger partial charge < -0.3 is 14.6 Å². The van der Waals surface area contributed by atoms with E-state index in [0.29, 0.717) is 5.92 Å². The van der Waals surface area contributed by atoms with Crippen molar-refractivity contribution in [2.24, 2.45) is 13.0 Å². The van der Waals surface area contributed by atoms with Crippen molar-refractivity contribution in [2.45, 2.75) is 31.9 Å². The first kappa shape index (κ1) is 11.6. The quantitative estimate of drug-likeness (QED) is 0.794. The molecule has 1 fully saturated rings. The highest BCUT2D eigenvalue weighted by atomic mass is 16.5. The molecule has 0 radical (unpaired) electrons. The third-order valence-corrected chi connectivity index (χ3v) is 3.25. The van der Waals surface area contributed by atoms with Gasteiger partial charge in [-0.2, -0.15) is 0 Å². The van der Waals surface area contributed by atoms with E-state index >= 15 is 0 Å². The molecule has 0 aromatic carbocycles. The van der Waals surface area contributed by atoms with Crippen LogP contribution in [0, 0.1) is 5.92 Å². The van der Waals surface area contributed by atoms with Crippen molar-refractivity contribution < 1.29 is 4.74 Å². The van der Waals surface area contributed by atoms with E-state index in [0.717, 1.165) is 12.4 Å².